The summed E-state index contributed by atoms with van der Waals surface area (Å²) in [7, 11) is 0. The average molecular weight is 436 g/mol. The van der Waals surface area contributed by atoms with Crippen LogP contribution < -0.4 is 0 Å². The van der Waals surface area contributed by atoms with E-state index >= 15 is 0 Å². The van der Waals surface area contributed by atoms with Gasteiger partial charge in [0, 0.05) is 31.2 Å². The molecule has 3 aromatic rings. The Morgan fingerprint density at radius 2 is 0.708 bits per heavy atom. The van der Waals surface area contributed by atoms with Crippen LogP contribution in [0.2, 0.25) is 0 Å². The molecule has 0 aliphatic heterocycles. The van der Waals surface area contributed by atoms with Gasteiger partial charge in [0.2, 0.25) is 0 Å². The quantitative estimate of drug-likeness (QED) is 0.379. The van der Waals surface area contributed by atoms with Crippen LogP contribution in [0.1, 0.15) is 22.3 Å². The predicted octanol–water partition coefficient (Wildman–Crippen LogP) is 6.01. The molecule has 0 aromatic heterocycles. The van der Waals surface area contributed by atoms with E-state index in [1.807, 2.05) is 72.8 Å². The lowest BCUT2D eigenvalue weighted by Gasteiger charge is -1.97. The van der Waals surface area contributed by atoms with Crippen LogP contribution >= 0.6 is 31.9 Å². The van der Waals surface area contributed by atoms with Crippen molar-refractivity contribution in [1.82, 2.24) is 0 Å². The van der Waals surface area contributed by atoms with Crippen molar-refractivity contribution >= 4 is 31.9 Å². The monoisotopic (exact) mass is 434 g/mol. The zero-order chi connectivity index (χ0) is 16.8. The fraction of sp³-hybridized carbons (Fsp3) is 0. The van der Waals surface area contributed by atoms with Gasteiger partial charge < -0.3 is 0 Å². The summed E-state index contributed by atoms with van der Waals surface area (Å²) < 4.78 is 1.99. The molecule has 3 aromatic carbocycles. The summed E-state index contributed by atoms with van der Waals surface area (Å²) in [6.07, 6.45) is 0. The Kier molecular flexibility index (Phi) is 5.55. The second-order valence-corrected chi connectivity index (χ2v) is 6.71. The summed E-state index contributed by atoms with van der Waals surface area (Å²) in [5.74, 6) is 12.9. The molecule has 0 heterocycles. The van der Waals surface area contributed by atoms with E-state index in [-0.39, 0.29) is 0 Å². The molecule has 0 amide bonds. The Labute approximate surface area is 159 Å². The van der Waals surface area contributed by atoms with Crippen LogP contribution in [0.5, 0.6) is 0 Å². The minimum absolute atomic E-state index is 0.924. The van der Waals surface area contributed by atoms with Crippen molar-refractivity contribution in [3.05, 3.63) is 104 Å². The zero-order valence-corrected chi connectivity index (χ0v) is 15.9. The predicted molar refractivity (Wildman–Crippen MR) is 107 cm³/mol. The molecule has 0 radical (unpaired) electrons. The van der Waals surface area contributed by atoms with Gasteiger partial charge in [-0.15, -0.1) is 0 Å². The van der Waals surface area contributed by atoms with Crippen LogP contribution in [0.15, 0.2) is 81.7 Å². The highest BCUT2D eigenvalue weighted by Gasteiger charge is 1.98. The van der Waals surface area contributed by atoms with Gasteiger partial charge in [-0.25, -0.2) is 0 Å². The van der Waals surface area contributed by atoms with Crippen molar-refractivity contribution in [1.29, 1.82) is 0 Å². The highest BCUT2D eigenvalue weighted by atomic mass is 79.9. The number of hydrogen-bond acceptors (Lipinski definition) is 0. The second kappa shape index (κ2) is 8.02. The highest BCUT2D eigenvalue weighted by molar-refractivity contribution is 9.10. The molecule has 114 valence electrons. The molecule has 0 aliphatic rings. The third kappa shape index (κ3) is 4.18. The van der Waals surface area contributed by atoms with Gasteiger partial charge in [0.05, 0.1) is 0 Å². The van der Waals surface area contributed by atoms with E-state index in [1.165, 1.54) is 0 Å². The summed E-state index contributed by atoms with van der Waals surface area (Å²) in [5.41, 5.74) is 3.78. The molecule has 0 saturated heterocycles. The minimum atomic E-state index is 0.924. The average Bonchev–Trinajstić information content (AvgIpc) is 2.61. The number of hydrogen-bond donors (Lipinski definition) is 0. The van der Waals surface area contributed by atoms with Crippen molar-refractivity contribution in [3.63, 3.8) is 0 Å². The summed E-state index contributed by atoms with van der Waals surface area (Å²) in [4.78, 5) is 0. The summed E-state index contributed by atoms with van der Waals surface area (Å²) in [6, 6.07) is 23.8. The lowest BCUT2D eigenvalue weighted by Crippen LogP contribution is -1.84. The molecule has 0 aliphatic carbocycles. The van der Waals surface area contributed by atoms with Crippen molar-refractivity contribution < 1.29 is 0 Å². The first-order valence-corrected chi connectivity index (χ1v) is 8.95. The third-order valence-corrected chi connectivity index (χ3v) is 4.72. The molecular weight excluding hydrogens is 424 g/mol. The van der Waals surface area contributed by atoms with E-state index in [4.69, 9.17) is 0 Å². The molecular formula is C22H12Br2. The van der Waals surface area contributed by atoms with Crippen molar-refractivity contribution in [2.45, 2.75) is 0 Å². The van der Waals surface area contributed by atoms with Gasteiger partial charge in [-0.2, -0.15) is 0 Å². The maximum absolute atomic E-state index is 3.52. The van der Waals surface area contributed by atoms with Crippen LogP contribution in [-0.2, 0) is 0 Å². The zero-order valence-electron chi connectivity index (χ0n) is 12.7. The first-order valence-electron chi connectivity index (χ1n) is 7.36. The SMILES string of the molecule is Brc1ccccc1C#Cc1ccccc1C#Cc1ccccc1Br. The Hall–Kier alpha value is -2.26. The lowest BCUT2D eigenvalue weighted by atomic mass is 10.1. The Bertz CT molecular complexity index is 913. The fourth-order valence-corrected chi connectivity index (χ4v) is 2.86. The third-order valence-electron chi connectivity index (χ3n) is 3.34. The van der Waals surface area contributed by atoms with Crippen LogP contribution in [0, 0.1) is 23.7 Å². The molecule has 0 atom stereocenters. The number of halogens is 2. The largest absolute Gasteiger partial charge is 0.0611 e. The second-order valence-electron chi connectivity index (χ2n) is 5.01. The highest BCUT2D eigenvalue weighted by Crippen LogP contribution is 2.16. The molecule has 24 heavy (non-hydrogen) atoms. The molecule has 0 spiro atoms. The van der Waals surface area contributed by atoms with E-state index < -0.39 is 0 Å². The van der Waals surface area contributed by atoms with E-state index in [1.54, 1.807) is 0 Å². The Morgan fingerprint density at radius 3 is 1.08 bits per heavy atom. The maximum atomic E-state index is 3.52. The Morgan fingerprint density at radius 1 is 0.417 bits per heavy atom. The first-order chi connectivity index (χ1) is 11.7. The van der Waals surface area contributed by atoms with Gasteiger partial charge in [0.15, 0.2) is 0 Å². The van der Waals surface area contributed by atoms with Crippen molar-refractivity contribution in [2.75, 3.05) is 0 Å². The van der Waals surface area contributed by atoms with Gasteiger partial charge in [-0.1, -0.05) is 60.1 Å². The topological polar surface area (TPSA) is 0 Å². The van der Waals surface area contributed by atoms with Crippen molar-refractivity contribution in [2.24, 2.45) is 0 Å². The summed E-state index contributed by atoms with van der Waals surface area (Å²) in [5, 5.41) is 0. The Balaban J connectivity index is 1.96. The van der Waals surface area contributed by atoms with Crippen LogP contribution in [0.3, 0.4) is 0 Å². The van der Waals surface area contributed by atoms with Crippen LogP contribution in [0.25, 0.3) is 0 Å². The van der Waals surface area contributed by atoms with E-state index in [0.29, 0.717) is 0 Å². The smallest absolute Gasteiger partial charge is 0.0405 e. The summed E-state index contributed by atoms with van der Waals surface area (Å²) >= 11 is 7.04. The molecule has 2 heteroatoms. The first kappa shape index (κ1) is 16.6. The van der Waals surface area contributed by atoms with Gasteiger partial charge in [0.25, 0.3) is 0 Å². The molecule has 0 unspecified atom stereocenters. The lowest BCUT2D eigenvalue weighted by molar-refractivity contribution is 1.56. The van der Waals surface area contributed by atoms with Crippen LogP contribution in [0.4, 0.5) is 0 Å². The fourth-order valence-electron chi connectivity index (χ4n) is 2.10. The van der Waals surface area contributed by atoms with Gasteiger partial charge in [-0.05, 0) is 68.3 Å². The minimum Gasteiger partial charge on any atom is -0.0611 e. The maximum Gasteiger partial charge on any atom is 0.0405 e. The molecule has 0 saturated carbocycles. The van der Waals surface area contributed by atoms with Gasteiger partial charge in [-0.3, -0.25) is 0 Å². The normalized spacial score (nSPS) is 9.42. The molecule has 0 bridgehead atoms. The van der Waals surface area contributed by atoms with Gasteiger partial charge >= 0.3 is 0 Å². The number of benzene rings is 3. The number of rotatable bonds is 0. The molecule has 3 rings (SSSR count). The van der Waals surface area contributed by atoms with E-state index in [0.717, 1.165) is 31.2 Å². The molecule has 0 N–H and O–H groups in total. The van der Waals surface area contributed by atoms with E-state index in [2.05, 4.69) is 55.5 Å². The molecule has 0 fully saturated rings. The van der Waals surface area contributed by atoms with E-state index in [9.17, 15) is 0 Å². The van der Waals surface area contributed by atoms with Crippen LogP contribution in [-0.4, -0.2) is 0 Å². The standard InChI is InChI=1S/C22H12Br2/c23-21-11-5-3-9-19(21)15-13-17-7-1-2-8-18(17)14-16-20-10-4-6-12-22(20)24/h1-12H. The van der Waals surface area contributed by atoms with Gasteiger partial charge in [0.1, 0.15) is 0 Å². The molecule has 0 nitrogen and oxygen atoms in total. The van der Waals surface area contributed by atoms with Crippen molar-refractivity contribution in [3.8, 4) is 23.7 Å². The summed E-state index contributed by atoms with van der Waals surface area (Å²) in [6.45, 7) is 0.